The lowest BCUT2D eigenvalue weighted by Gasteiger charge is -2.31. The van der Waals surface area contributed by atoms with Crippen molar-refractivity contribution in [3.05, 3.63) is 52.0 Å². The Kier molecular flexibility index (Phi) is 5.41. The highest BCUT2D eigenvalue weighted by Gasteiger charge is 2.29. The summed E-state index contributed by atoms with van der Waals surface area (Å²) in [5.74, 6) is 0.262. The number of amides is 1. The van der Waals surface area contributed by atoms with E-state index in [4.69, 9.17) is 0 Å². The number of carbonyl (C=O) groups is 2. The molecule has 0 radical (unpaired) electrons. The van der Waals surface area contributed by atoms with Gasteiger partial charge in [0.1, 0.15) is 10.7 Å². The van der Waals surface area contributed by atoms with Crippen LogP contribution in [-0.4, -0.2) is 34.7 Å². The fourth-order valence-electron chi connectivity index (χ4n) is 3.16. The lowest BCUT2D eigenvalue weighted by molar-refractivity contribution is -0.124. The SMILES string of the molecule is Cc1ncc(C(=O)N2CCC[C@@H](C(=O)CCc3ccccc3)C2)s1. The van der Waals surface area contributed by atoms with Crippen molar-refractivity contribution < 1.29 is 9.59 Å². The van der Waals surface area contributed by atoms with Crippen LogP contribution in [0.5, 0.6) is 0 Å². The number of aromatic nitrogens is 1. The highest BCUT2D eigenvalue weighted by Crippen LogP contribution is 2.23. The molecule has 4 nitrogen and oxygen atoms in total. The van der Waals surface area contributed by atoms with Crippen LogP contribution in [0.4, 0.5) is 0 Å². The Morgan fingerprint density at radius 2 is 2.08 bits per heavy atom. The molecule has 2 heterocycles. The van der Waals surface area contributed by atoms with Crippen LogP contribution in [0.25, 0.3) is 0 Å². The third-order valence-corrected chi connectivity index (χ3v) is 5.40. The van der Waals surface area contributed by atoms with Crippen LogP contribution in [0, 0.1) is 12.8 Å². The predicted octanol–water partition coefficient (Wildman–Crippen LogP) is 3.51. The molecule has 0 unspecified atom stereocenters. The van der Waals surface area contributed by atoms with E-state index in [9.17, 15) is 9.59 Å². The number of benzene rings is 1. The van der Waals surface area contributed by atoms with Crippen LogP contribution in [-0.2, 0) is 11.2 Å². The van der Waals surface area contributed by atoms with Crippen LogP contribution in [0.1, 0.15) is 39.5 Å². The molecule has 1 saturated heterocycles. The van der Waals surface area contributed by atoms with Crippen molar-refractivity contribution in [2.24, 2.45) is 5.92 Å². The molecule has 2 aromatic rings. The van der Waals surface area contributed by atoms with Crippen LogP contribution < -0.4 is 0 Å². The standard InChI is InChI=1S/C19H22N2O2S/c1-14-20-12-18(24-14)19(23)21-11-5-8-16(13-21)17(22)10-9-15-6-3-2-4-7-15/h2-4,6-7,12,16H,5,8-11,13H2,1H3/t16-/m1/s1. The molecule has 1 aromatic heterocycles. The number of aryl methyl sites for hydroxylation is 2. The molecule has 126 valence electrons. The number of Topliss-reactive ketones (excluding diaryl/α,β-unsaturated/α-hetero) is 1. The maximum Gasteiger partial charge on any atom is 0.265 e. The van der Waals surface area contributed by atoms with Crippen molar-refractivity contribution in [3.63, 3.8) is 0 Å². The summed E-state index contributed by atoms with van der Waals surface area (Å²) in [5.41, 5.74) is 1.19. The minimum atomic E-state index is -0.0274. The van der Waals surface area contributed by atoms with E-state index in [1.54, 1.807) is 6.20 Å². The van der Waals surface area contributed by atoms with Gasteiger partial charge in [0.2, 0.25) is 0 Å². The van der Waals surface area contributed by atoms with Crippen molar-refractivity contribution >= 4 is 23.0 Å². The van der Waals surface area contributed by atoms with Gasteiger partial charge in [0, 0.05) is 25.4 Å². The first-order valence-corrected chi connectivity index (χ1v) is 9.23. The first kappa shape index (κ1) is 16.8. The van der Waals surface area contributed by atoms with Crippen molar-refractivity contribution in [2.75, 3.05) is 13.1 Å². The molecule has 24 heavy (non-hydrogen) atoms. The molecular weight excluding hydrogens is 320 g/mol. The fraction of sp³-hybridized carbons (Fsp3) is 0.421. The zero-order valence-electron chi connectivity index (χ0n) is 13.9. The maximum absolute atomic E-state index is 12.5. The summed E-state index contributed by atoms with van der Waals surface area (Å²) in [5, 5.41) is 0.894. The van der Waals surface area contributed by atoms with Gasteiger partial charge in [-0.05, 0) is 31.7 Å². The Labute approximate surface area is 146 Å². The number of thiazole rings is 1. The van der Waals surface area contributed by atoms with Crippen LogP contribution in [0.3, 0.4) is 0 Å². The first-order valence-electron chi connectivity index (χ1n) is 8.42. The molecule has 3 rings (SSSR count). The summed E-state index contributed by atoms with van der Waals surface area (Å²) in [6, 6.07) is 10.1. The molecule has 1 aliphatic heterocycles. The Morgan fingerprint density at radius 1 is 1.29 bits per heavy atom. The van der Waals surface area contributed by atoms with Crippen LogP contribution in [0.2, 0.25) is 0 Å². The minimum Gasteiger partial charge on any atom is -0.337 e. The van der Waals surface area contributed by atoms with E-state index in [0.717, 1.165) is 30.8 Å². The number of hydrogen-bond acceptors (Lipinski definition) is 4. The zero-order chi connectivity index (χ0) is 16.9. The van der Waals surface area contributed by atoms with Gasteiger partial charge in [-0.1, -0.05) is 30.3 Å². The fourth-order valence-corrected chi connectivity index (χ4v) is 3.90. The number of ketones is 1. The maximum atomic E-state index is 12.5. The molecule has 0 aliphatic carbocycles. The highest BCUT2D eigenvalue weighted by atomic mass is 32.1. The Bertz CT molecular complexity index is 711. The third kappa shape index (κ3) is 4.09. The zero-order valence-corrected chi connectivity index (χ0v) is 14.7. The lowest BCUT2D eigenvalue weighted by atomic mass is 9.90. The molecule has 1 fully saturated rings. The minimum absolute atomic E-state index is 0.0150. The number of hydrogen-bond donors (Lipinski definition) is 0. The van der Waals surface area contributed by atoms with E-state index >= 15 is 0 Å². The van der Waals surface area contributed by atoms with Gasteiger partial charge in [-0.25, -0.2) is 4.98 Å². The van der Waals surface area contributed by atoms with Gasteiger partial charge in [-0.15, -0.1) is 11.3 Å². The largest absolute Gasteiger partial charge is 0.337 e. The van der Waals surface area contributed by atoms with Crippen molar-refractivity contribution in [1.82, 2.24) is 9.88 Å². The summed E-state index contributed by atoms with van der Waals surface area (Å²) in [7, 11) is 0. The summed E-state index contributed by atoms with van der Waals surface area (Å²) in [6.45, 7) is 3.18. The third-order valence-electron chi connectivity index (χ3n) is 4.50. The van der Waals surface area contributed by atoms with E-state index in [2.05, 4.69) is 17.1 Å². The summed E-state index contributed by atoms with van der Waals surface area (Å²) in [6.07, 6.45) is 4.75. The van der Waals surface area contributed by atoms with Gasteiger partial charge < -0.3 is 4.90 Å². The molecular formula is C19H22N2O2S. The van der Waals surface area contributed by atoms with E-state index in [0.29, 0.717) is 17.8 Å². The number of rotatable bonds is 5. The van der Waals surface area contributed by atoms with E-state index in [1.807, 2.05) is 30.0 Å². The van der Waals surface area contributed by atoms with E-state index in [1.165, 1.54) is 16.9 Å². The average molecular weight is 342 g/mol. The van der Waals surface area contributed by atoms with Gasteiger partial charge in [-0.3, -0.25) is 9.59 Å². The quantitative estimate of drug-likeness (QED) is 0.835. The van der Waals surface area contributed by atoms with E-state index in [-0.39, 0.29) is 17.6 Å². The molecule has 1 aromatic carbocycles. The molecule has 1 amide bonds. The number of piperidine rings is 1. The topological polar surface area (TPSA) is 50.3 Å². The molecule has 0 bridgehead atoms. The van der Waals surface area contributed by atoms with Crippen LogP contribution >= 0.6 is 11.3 Å². The second-order valence-corrected chi connectivity index (χ2v) is 7.52. The van der Waals surface area contributed by atoms with Crippen molar-refractivity contribution in [3.8, 4) is 0 Å². The lowest BCUT2D eigenvalue weighted by Crippen LogP contribution is -2.42. The summed E-state index contributed by atoms with van der Waals surface area (Å²) >= 11 is 1.42. The molecule has 0 spiro atoms. The second-order valence-electron chi connectivity index (χ2n) is 6.29. The Hall–Kier alpha value is -2.01. The molecule has 1 atom stereocenters. The molecule has 0 saturated carbocycles. The molecule has 0 N–H and O–H groups in total. The number of carbonyl (C=O) groups excluding carboxylic acids is 2. The molecule has 5 heteroatoms. The normalized spacial score (nSPS) is 17.7. The van der Waals surface area contributed by atoms with Gasteiger partial charge in [0.05, 0.1) is 11.2 Å². The van der Waals surface area contributed by atoms with E-state index < -0.39 is 0 Å². The first-order chi connectivity index (χ1) is 11.6. The molecule has 1 aliphatic rings. The van der Waals surface area contributed by atoms with Gasteiger partial charge in [0.25, 0.3) is 5.91 Å². The monoisotopic (exact) mass is 342 g/mol. The Balaban J connectivity index is 1.56. The van der Waals surface area contributed by atoms with Crippen molar-refractivity contribution in [1.29, 1.82) is 0 Å². The van der Waals surface area contributed by atoms with Crippen molar-refractivity contribution in [2.45, 2.75) is 32.6 Å². The number of likely N-dealkylation sites (tertiary alicyclic amines) is 1. The smallest absolute Gasteiger partial charge is 0.265 e. The van der Waals surface area contributed by atoms with Crippen LogP contribution in [0.15, 0.2) is 36.5 Å². The predicted molar refractivity (Wildman–Crippen MR) is 95.2 cm³/mol. The second kappa shape index (κ2) is 7.71. The summed E-state index contributed by atoms with van der Waals surface area (Å²) < 4.78 is 0. The average Bonchev–Trinajstić information content (AvgIpc) is 3.06. The van der Waals surface area contributed by atoms with Gasteiger partial charge in [-0.2, -0.15) is 0 Å². The summed E-state index contributed by atoms with van der Waals surface area (Å²) in [4.78, 5) is 31.7. The van der Waals surface area contributed by atoms with Gasteiger partial charge >= 0.3 is 0 Å². The Morgan fingerprint density at radius 3 is 2.79 bits per heavy atom. The number of nitrogens with zero attached hydrogens (tertiary/aromatic N) is 2. The van der Waals surface area contributed by atoms with Gasteiger partial charge in [0.15, 0.2) is 0 Å². The highest BCUT2D eigenvalue weighted by molar-refractivity contribution is 7.13.